The van der Waals surface area contributed by atoms with Gasteiger partial charge in [-0.3, -0.25) is 4.79 Å². The largest absolute Gasteiger partial charge is 0.462 e. The van der Waals surface area contributed by atoms with Gasteiger partial charge in [-0.15, -0.1) is 16.4 Å². The Hall–Kier alpha value is -3.05. The molecule has 0 saturated heterocycles. The van der Waals surface area contributed by atoms with Crippen LogP contribution in [0.2, 0.25) is 0 Å². The minimum atomic E-state index is -4.18. The Bertz CT molecular complexity index is 1250. The van der Waals surface area contributed by atoms with Crippen LogP contribution in [0.25, 0.3) is 11.5 Å². The number of aromatic nitrogens is 2. The van der Waals surface area contributed by atoms with Gasteiger partial charge in [-0.2, -0.15) is 0 Å². The van der Waals surface area contributed by atoms with Crippen molar-refractivity contribution in [2.24, 2.45) is 0 Å². The highest BCUT2D eigenvalue weighted by Crippen LogP contribution is 2.38. The molecule has 1 N–H and O–H groups in total. The Morgan fingerprint density at radius 1 is 1.16 bits per heavy atom. The van der Waals surface area contributed by atoms with Gasteiger partial charge in [-0.1, -0.05) is 23.3 Å². The Labute approximate surface area is 188 Å². The third-order valence-corrected chi connectivity index (χ3v) is 7.46. The van der Waals surface area contributed by atoms with E-state index in [0.717, 1.165) is 36.1 Å². The molecule has 1 aliphatic carbocycles. The van der Waals surface area contributed by atoms with Gasteiger partial charge in [0, 0.05) is 10.4 Å². The van der Waals surface area contributed by atoms with Gasteiger partial charge in [0.1, 0.15) is 10.8 Å². The molecule has 1 aromatic carbocycles. The molecule has 2 aromatic heterocycles. The number of carbonyl (C=O) groups excluding carboxylic acids is 2. The van der Waals surface area contributed by atoms with Crippen molar-refractivity contribution in [2.45, 2.75) is 37.8 Å². The predicted octanol–water partition coefficient (Wildman–Crippen LogP) is 3.27. The van der Waals surface area contributed by atoms with Crippen LogP contribution in [0.5, 0.6) is 0 Å². The smallest absolute Gasteiger partial charge is 0.341 e. The number of nitrogens with zero attached hydrogens (tertiary/aromatic N) is 2. The lowest BCUT2D eigenvalue weighted by Crippen LogP contribution is -2.24. The van der Waals surface area contributed by atoms with Crippen molar-refractivity contribution in [1.29, 1.82) is 0 Å². The number of rotatable bonds is 7. The van der Waals surface area contributed by atoms with E-state index in [0.29, 0.717) is 16.1 Å². The Balaban J connectivity index is 1.53. The number of fused-ring (bicyclic) bond motifs is 1. The predicted molar refractivity (Wildman–Crippen MR) is 117 cm³/mol. The van der Waals surface area contributed by atoms with Crippen LogP contribution in [0.15, 0.2) is 40.0 Å². The fraction of sp³-hybridized carbons (Fsp3) is 0.333. The molecule has 168 valence electrons. The average Bonchev–Trinajstić information content (AvgIpc) is 3.39. The van der Waals surface area contributed by atoms with E-state index in [1.807, 2.05) is 0 Å². The molecule has 0 spiro atoms. The van der Waals surface area contributed by atoms with Crippen molar-refractivity contribution in [2.75, 3.05) is 17.7 Å². The molecule has 4 rings (SSSR count). The lowest BCUT2D eigenvalue weighted by molar-refractivity contribution is -0.113. The van der Waals surface area contributed by atoms with E-state index >= 15 is 0 Å². The number of thiophene rings is 1. The van der Waals surface area contributed by atoms with Crippen molar-refractivity contribution in [3.63, 3.8) is 0 Å². The first-order chi connectivity index (χ1) is 15.4. The summed E-state index contributed by atoms with van der Waals surface area (Å²) in [6.07, 6.45) is 3.47. The van der Waals surface area contributed by atoms with E-state index in [1.165, 1.54) is 11.3 Å². The highest BCUT2D eigenvalue weighted by Gasteiger charge is 2.30. The summed E-state index contributed by atoms with van der Waals surface area (Å²) in [5, 5.41) is 9.61. The number of nitrogens with one attached hydrogen (secondary N) is 1. The van der Waals surface area contributed by atoms with Crippen LogP contribution in [0, 0.1) is 0 Å². The molecule has 0 bridgehead atoms. The van der Waals surface area contributed by atoms with Crippen LogP contribution in [-0.2, 0) is 32.2 Å². The summed E-state index contributed by atoms with van der Waals surface area (Å²) in [4.78, 5) is 26.1. The number of anilines is 1. The van der Waals surface area contributed by atoms with Gasteiger partial charge >= 0.3 is 11.2 Å². The molecule has 0 saturated carbocycles. The Morgan fingerprint density at radius 3 is 2.66 bits per heavy atom. The summed E-state index contributed by atoms with van der Waals surface area (Å²) in [6, 6.07) is 8.71. The Morgan fingerprint density at radius 2 is 1.91 bits per heavy atom. The van der Waals surface area contributed by atoms with Gasteiger partial charge in [-0.25, -0.2) is 13.2 Å². The normalized spacial score (nSPS) is 13.4. The van der Waals surface area contributed by atoms with E-state index in [9.17, 15) is 18.0 Å². The number of amides is 1. The molecule has 9 nitrogen and oxygen atoms in total. The minimum Gasteiger partial charge on any atom is -0.462 e. The number of hydrogen-bond donors (Lipinski definition) is 1. The van der Waals surface area contributed by atoms with Crippen molar-refractivity contribution in [3.05, 3.63) is 46.3 Å². The van der Waals surface area contributed by atoms with Crippen LogP contribution in [0.4, 0.5) is 5.00 Å². The number of aryl methyl sites for hydroxylation is 1. The van der Waals surface area contributed by atoms with Gasteiger partial charge in [0.15, 0.2) is 0 Å². The molecular formula is C21H21N3O6S2. The summed E-state index contributed by atoms with van der Waals surface area (Å²) < 4.78 is 35.7. The average molecular weight is 476 g/mol. The molecule has 0 radical (unpaired) electrons. The van der Waals surface area contributed by atoms with E-state index < -0.39 is 32.7 Å². The first-order valence-corrected chi connectivity index (χ1v) is 12.6. The van der Waals surface area contributed by atoms with Crippen LogP contribution in [-0.4, -0.2) is 42.9 Å². The summed E-state index contributed by atoms with van der Waals surface area (Å²) in [5.74, 6) is -2.17. The van der Waals surface area contributed by atoms with Crippen LogP contribution >= 0.6 is 11.3 Å². The highest BCUT2D eigenvalue weighted by molar-refractivity contribution is 7.91. The van der Waals surface area contributed by atoms with Gasteiger partial charge < -0.3 is 14.5 Å². The molecule has 0 aliphatic heterocycles. The summed E-state index contributed by atoms with van der Waals surface area (Å²) in [5.41, 5.74) is 1.76. The van der Waals surface area contributed by atoms with Crippen LogP contribution in [0.1, 0.15) is 40.6 Å². The number of carbonyl (C=O) groups is 2. The molecule has 1 aliphatic rings. The fourth-order valence-electron chi connectivity index (χ4n) is 3.50. The second-order valence-electron chi connectivity index (χ2n) is 7.18. The third kappa shape index (κ3) is 4.58. The quantitative estimate of drug-likeness (QED) is 0.516. The van der Waals surface area contributed by atoms with E-state index in [1.54, 1.807) is 37.3 Å². The molecule has 1 amide bonds. The number of esters is 1. The fourth-order valence-corrected chi connectivity index (χ4v) is 5.71. The molecule has 32 heavy (non-hydrogen) atoms. The van der Waals surface area contributed by atoms with Crippen molar-refractivity contribution >= 4 is 38.1 Å². The number of hydrogen-bond acceptors (Lipinski definition) is 9. The summed E-state index contributed by atoms with van der Waals surface area (Å²) >= 11 is 1.29. The second-order valence-corrected chi connectivity index (χ2v) is 10.2. The zero-order valence-corrected chi connectivity index (χ0v) is 18.9. The van der Waals surface area contributed by atoms with Gasteiger partial charge in [0.25, 0.3) is 0 Å². The second kappa shape index (κ2) is 9.21. The molecule has 2 heterocycles. The SMILES string of the molecule is CCOC(=O)c1c(NC(=O)CS(=O)(=O)c2nnc(-c3ccccc3)o2)sc2c1CCCC2. The van der Waals surface area contributed by atoms with Crippen molar-refractivity contribution < 1.29 is 27.2 Å². The molecule has 0 fully saturated rings. The lowest BCUT2D eigenvalue weighted by Gasteiger charge is -2.12. The van der Waals surface area contributed by atoms with E-state index in [2.05, 4.69) is 15.5 Å². The molecule has 3 aromatic rings. The zero-order valence-electron chi connectivity index (χ0n) is 17.3. The van der Waals surface area contributed by atoms with Crippen LogP contribution < -0.4 is 5.32 Å². The van der Waals surface area contributed by atoms with Crippen molar-refractivity contribution in [1.82, 2.24) is 10.2 Å². The van der Waals surface area contributed by atoms with E-state index in [-0.39, 0.29) is 12.5 Å². The zero-order chi connectivity index (χ0) is 22.7. The lowest BCUT2D eigenvalue weighted by atomic mass is 9.95. The monoisotopic (exact) mass is 475 g/mol. The first-order valence-electron chi connectivity index (χ1n) is 10.1. The maximum atomic E-state index is 12.6. The molecule has 0 unspecified atom stereocenters. The highest BCUT2D eigenvalue weighted by atomic mass is 32.2. The minimum absolute atomic E-state index is 0.0418. The Kier molecular flexibility index (Phi) is 6.38. The topological polar surface area (TPSA) is 128 Å². The van der Waals surface area contributed by atoms with Crippen LogP contribution in [0.3, 0.4) is 0 Å². The molecular weight excluding hydrogens is 454 g/mol. The first kappa shape index (κ1) is 22.2. The third-order valence-electron chi connectivity index (χ3n) is 4.92. The summed E-state index contributed by atoms with van der Waals surface area (Å²) in [6.45, 7) is 1.90. The number of benzene rings is 1. The maximum absolute atomic E-state index is 12.6. The van der Waals surface area contributed by atoms with Gasteiger partial charge in [-0.05, 0) is 50.3 Å². The van der Waals surface area contributed by atoms with Gasteiger partial charge in [0.2, 0.25) is 21.6 Å². The number of sulfone groups is 1. The van der Waals surface area contributed by atoms with Gasteiger partial charge in [0.05, 0.1) is 12.2 Å². The van der Waals surface area contributed by atoms with E-state index in [4.69, 9.17) is 9.15 Å². The molecule has 11 heteroatoms. The number of ether oxygens (including phenoxy) is 1. The standard InChI is InChI=1S/C21H21N3O6S2/c1-2-29-20(26)17-14-10-6-7-11-15(14)31-19(17)22-16(25)12-32(27,28)21-24-23-18(30-21)13-8-4-3-5-9-13/h3-5,8-9H,2,6-7,10-12H2,1H3,(H,22,25). The summed E-state index contributed by atoms with van der Waals surface area (Å²) in [7, 11) is -4.18. The molecule has 0 atom stereocenters. The van der Waals surface area contributed by atoms with Crippen molar-refractivity contribution in [3.8, 4) is 11.5 Å². The maximum Gasteiger partial charge on any atom is 0.341 e.